The van der Waals surface area contributed by atoms with Crippen LogP contribution in [0.5, 0.6) is 11.5 Å². The maximum absolute atomic E-state index is 11.9. The molecule has 0 saturated heterocycles. The number of aryl methyl sites for hydroxylation is 2. The predicted molar refractivity (Wildman–Crippen MR) is 84.5 cm³/mol. The van der Waals surface area contributed by atoms with Gasteiger partial charge in [-0.1, -0.05) is 0 Å². The van der Waals surface area contributed by atoms with Crippen LogP contribution in [0.25, 0.3) is 0 Å². The summed E-state index contributed by atoms with van der Waals surface area (Å²) in [6, 6.07) is 6.65. The van der Waals surface area contributed by atoms with Crippen molar-refractivity contribution < 1.29 is 28.2 Å². The Hall–Kier alpha value is -2.96. The quantitative estimate of drug-likeness (QED) is 0.866. The fraction of sp³-hybridized carbons (Fsp3) is 0.294. The van der Waals surface area contributed by atoms with Crippen molar-refractivity contribution in [3.63, 3.8) is 0 Å². The minimum Gasteiger partial charge on any atom is -0.486 e. The number of nitrogens with one attached hydrogen (secondary N) is 1. The Balaban J connectivity index is 1.56. The molecule has 0 aliphatic carbocycles. The van der Waals surface area contributed by atoms with E-state index in [0.717, 1.165) is 0 Å². The summed E-state index contributed by atoms with van der Waals surface area (Å²) in [5.41, 5.74) is 0.857. The summed E-state index contributed by atoms with van der Waals surface area (Å²) in [6.07, 6.45) is 0. The van der Waals surface area contributed by atoms with Crippen molar-refractivity contribution in [3.8, 4) is 11.5 Å². The van der Waals surface area contributed by atoms with Crippen molar-refractivity contribution in [1.82, 2.24) is 0 Å². The van der Waals surface area contributed by atoms with Gasteiger partial charge in [-0.2, -0.15) is 0 Å². The zero-order valence-corrected chi connectivity index (χ0v) is 13.4. The first-order chi connectivity index (χ1) is 11.5. The molecule has 24 heavy (non-hydrogen) atoms. The van der Waals surface area contributed by atoms with Crippen molar-refractivity contribution >= 4 is 17.6 Å². The Morgan fingerprint density at radius 2 is 1.88 bits per heavy atom. The van der Waals surface area contributed by atoms with Crippen LogP contribution in [0.4, 0.5) is 5.69 Å². The van der Waals surface area contributed by atoms with E-state index in [0.29, 0.717) is 47.5 Å². The zero-order valence-electron chi connectivity index (χ0n) is 13.4. The number of fused-ring (bicyclic) bond motifs is 1. The van der Waals surface area contributed by atoms with E-state index in [2.05, 4.69) is 5.32 Å². The van der Waals surface area contributed by atoms with Crippen LogP contribution < -0.4 is 14.8 Å². The molecule has 1 aromatic carbocycles. The molecule has 0 radical (unpaired) electrons. The van der Waals surface area contributed by atoms with Crippen LogP contribution in [-0.2, 0) is 9.53 Å². The first kappa shape index (κ1) is 15.9. The van der Waals surface area contributed by atoms with E-state index in [4.69, 9.17) is 18.6 Å². The van der Waals surface area contributed by atoms with Gasteiger partial charge in [0.15, 0.2) is 18.1 Å². The van der Waals surface area contributed by atoms with Gasteiger partial charge in [0.2, 0.25) is 0 Å². The minimum atomic E-state index is -0.596. The Kier molecular flexibility index (Phi) is 4.41. The Labute approximate surface area is 138 Å². The lowest BCUT2D eigenvalue weighted by atomic mass is 10.2. The Morgan fingerprint density at radius 1 is 1.12 bits per heavy atom. The average molecular weight is 331 g/mol. The maximum atomic E-state index is 11.9. The maximum Gasteiger partial charge on any atom is 0.342 e. The second-order valence-corrected chi connectivity index (χ2v) is 5.31. The molecule has 7 nitrogen and oxygen atoms in total. The number of hydrogen-bond acceptors (Lipinski definition) is 6. The van der Waals surface area contributed by atoms with Crippen LogP contribution in [0.2, 0.25) is 0 Å². The summed E-state index contributed by atoms with van der Waals surface area (Å²) in [5, 5.41) is 2.64. The van der Waals surface area contributed by atoms with Gasteiger partial charge in [-0.05, 0) is 32.0 Å². The highest BCUT2D eigenvalue weighted by Gasteiger charge is 2.17. The van der Waals surface area contributed by atoms with E-state index in [1.807, 2.05) is 0 Å². The molecule has 0 bridgehead atoms. The number of furan rings is 1. The van der Waals surface area contributed by atoms with Crippen LogP contribution in [0.15, 0.2) is 28.7 Å². The molecule has 0 atom stereocenters. The molecule has 2 aromatic rings. The molecule has 0 fully saturated rings. The number of hydrogen-bond donors (Lipinski definition) is 1. The van der Waals surface area contributed by atoms with E-state index in [9.17, 15) is 9.59 Å². The van der Waals surface area contributed by atoms with Gasteiger partial charge in [-0.3, -0.25) is 4.79 Å². The molecule has 126 valence electrons. The molecule has 1 aromatic heterocycles. The first-order valence-electron chi connectivity index (χ1n) is 7.46. The molecule has 7 heteroatoms. The normalized spacial score (nSPS) is 12.6. The number of carbonyl (C=O) groups is 2. The largest absolute Gasteiger partial charge is 0.486 e. The number of carbonyl (C=O) groups excluding carboxylic acids is 2. The summed E-state index contributed by atoms with van der Waals surface area (Å²) < 4.78 is 21.1. The lowest BCUT2D eigenvalue weighted by Gasteiger charge is -2.19. The summed E-state index contributed by atoms with van der Waals surface area (Å²) in [4.78, 5) is 23.9. The number of esters is 1. The predicted octanol–water partition coefficient (Wildman–Crippen LogP) is 2.46. The number of rotatable bonds is 4. The molecule has 1 N–H and O–H groups in total. The van der Waals surface area contributed by atoms with Gasteiger partial charge in [-0.15, -0.1) is 0 Å². The fourth-order valence-corrected chi connectivity index (χ4v) is 2.36. The summed E-state index contributed by atoms with van der Waals surface area (Å²) in [6.45, 7) is 3.97. The van der Waals surface area contributed by atoms with Crippen molar-refractivity contribution in [2.45, 2.75) is 13.8 Å². The fourth-order valence-electron chi connectivity index (χ4n) is 2.36. The highest BCUT2D eigenvalue weighted by Crippen LogP contribution is 2.32. The van der Waals surface area contributed by atoms with Crippen LogP contribution in [0.1, 0.15) is 21.9 Å². The molecular formula is C17H17NO6. The van der Waals surface area contributed by atoms with E-state index in [1.54, 1.807) is 38.1 Å². The third-order valence-corrected chi connectivity index (χ3v) is 3.42. The second-order valence-electron chi connectivity index (χ2n) is 5.31. The first-order valence-corrected chi connectivity index (χ1v) is 7.46. The molecule has 1 amide bonds. The molecule has 0 unspecified atom stereocenters. The monoisotopic (exact) mass is 331 g/mol. The molecular weight excluding hydrogens is 314 g/mol. The third-order valence-electron chi connectivity index (χ3n) is 3.42. The van der Waals surface area contributed by atoms with Crippen LogP contribution >= 0.6 is 0 Å². The topological polar surface area (TPSA) is 87.0 Å². The third kappa shape index (κ3) is 3.51. The van der Waals surface area contributed by atoms with Crippen LogP contribution in [-0.4, -0.2) is 31.7 Å². The van der Waals surface area contributed by atoms with Gasteiger partial charge in [0.25, 0.3) is 5.91 Å². The standard InChI is InChI=1S/C17H17NO6/c1-10-7-13(11(2)24-10)17(20)23-9-16(19)18-12-3-4-14-15(8-12)22-6-5-21-14/h3-4,7-8H,5-6,9H2,1-2H3,(H,18,19). The van der Waals surface area contributed by atoms with Gasteiger partial charge in [0.05, 0.1) is 0 Å². The zero-order chi connectivity index (χ0) is 17.1. The highest BCUT2D eigenvalue weighted by molar-refractivity contribution is 5.96. The van der Waals surface area contributed by atoms with Crippen molar-refractivity contribution in [2.75, 3.05) is 25.1 Å². The lowest BCUT2D eigenvalue weighted by molar-refractivity contribution is -0.119. The summed E-state index contributed by atoms with van der Waals surface area (Å²) >= 11 is 0. The lowest BCUT2D eigenvalue weighted by Crippen LogP contribution is -2.21. The number of anilines is 1. The summed E-state index contributed by atoms with van der Waals surface area (Å²) in [5.74, 6) is 1.24. The SMILES string of the molecule is Cc1cc(C(=O)OCC(=O)Nc2ccc3c(c2)OCCO3)c(C)o1. The van der Waals surface area contributed by atoms with Crippen molar-refractivity contribution in [3.05, 3.63) is 41.3 Å². The Morgan fingerprint density at radius 3 is 2.58 bits per heavy atom. The minimum absolute atomic E-state index is 0.319. The molecule has 1 aliphatic rings. The van der Waals surface area contributed by atoms with E-state index >= 15 is 0 Å². The molecule has 3 rings (SSSR count). The van der Waals surface area contributed by atoms with Gasteiger partial charge in [0, 0.05) is 11.8 Å². The molecule has 1 aliphatic heterocycles. The van der Waals surface area contributed by atoms with Gasteiger partial charge in [0.1, 0.15) is 30.3 Å². The van der Waals surface area contributed by atoms with Crippen LogP contribution in [0.3, 0.4) is 0 Å². The van der Waals surface area contributed by atoms with Crippen molar-refractivity contribution in [2.24, 2.45) is 0 Å². The smallest absolute Gasteiger partial charge is 0.342 e. The van der Waals surface area contributed by atoms with E-state index in [1.165, 1.54) is 0 Å². The summed E-state index contributed by atoms with van der Waals surface area (Å²) in [7, 11) is 0. The second kappa shape index (κ2) is 6.66. The van der Waals surface area contributed by atoms with Gasteiger partial charge < -0.3 is 23.9 Å². The average Bonchev–Trinajstić information content (AvgIpc) is 2.91. The van der Waals surface area contributed by atoms with Crippen molar-refractivity contribution in [1.29, 1.82) is 0 Å². The molecule has 2 heterocycles. The molecule has 0 saturated carbocycles. The van der Waals surface area contributed by atoms with E-state index in [-0.39, 0.29) is 0 Å². The number of ether oxygens (including phenoxy) is 3. The van der Waals surface area contributed by atoms with E-state index < -0.39 is 18.5 Å². The number of benzene rings is 1. The van der Waals surface area contributed by atoms with Gasteiger partial charge >= 0.3 is 5.97 Å². The molecule has 0 spiro atoms. The number of amides is 1. The van der Waals surface area contributed by atoms with Gasteiger partial charge in [-0.25, -0.2) is 4.79 Å². The Bertz CT molecular complexity index is 779. The van der Waals surface area contributed by atoms with Crippen LogP contribution in [0, 0.1) is 13.8 Å². The highest BCUT2D eigenvalue weighted by atomic mass is 16.6.